The van der Waals surface area contributed by atoms with Gasteiger partial charge in [-0.25, -0.2) is 4.98 Å². The summed E-state index contributed by atoms with van der Waals surface area (Å²) in [6.07, 6.45) is 5.78. The summed E-state index contributed by atoms with van der Waals surface area (Å²) in [5, 5.41) is 0. The van der Waals surface area contributed by atoms with E-state index in [-0.39, 0.29) is 6.04 Å². The highest BCUT2D eigenvalue weighted by Gasteiger charge is 2.06. The zero-order valence-corrected chi connectivity index (χ0v) is 11.4. The van der Waals surface area contributed by atoms with Gasteiger partial charge < -0.3 is 10.3 Å². The Kier molecular flexibility index (Phi) is 3.82. The van der Waals surface area contributed by atoms with Crippen molar-refractivity contribution >= 4 is 0 Å². The molecule has 1 heterocycles. The highest BCUT2D eigenvalue weighted by Crippen LogP contribution is 2.17. The number of hydrogen-bond donors (Lipinski definition) is 1. The molecule has 3 nitrogen and oxygen atoms in total. The fraction of sp³-hybridized carbons (Fsp3) is 0.400. The molecule has 0 aliphatic rings. The van der Waals surface area contributed by atoms with Gasteiger partial charge in [0.15, 0.2) is 0 Å². The van der Waals surface area contributed by atoms with Crippen molar-refractivity contribution < 1.29 is 0 Å². The lowest BCUT2D eigenvalue weighted by Gasteiger charge is -2.13. The van der Waals surface area contributed by atoms with Gasteiger partial charge in [0, 0.05) is 24.1 Å². The van der Waals surface area contributed by atoms with Crippen LogP contribution in [0.25, 0.3) is 5.69 Å². The van der Waals surface area contributed by atoms with Crippen LogP contribution in [0.1, 0.15) is 30.3 Å². The summed E-state index contributed by atoms with van der Waals surface area (Å²) in [7, 11) is 0. The topological polar surface area (TPSA) is 43.8 Å². The number of imidazole rings is 1. The van der Waals surface area contributed by atoms with Crippen molar-refractivity contribution in [2.75, 3.05) is 0 Å². The molecule has 18 heavy (non-hydrogen) atoms. The summed E-state index contributed by atoms with van der Waals surface area (Å²) in [4.78, 5) is 4.25. The van der Waals surface area contributed by atoms with E-state index in [4.69, 9.17) is 5.73 Å². The smallest absolute Gasteiger partial charge is 0.110 e. The normalized spacial score (nSPS) is 12.7. The fourth-order valence-corrected chi connectivity index (χ4v) is 2.14. The summed E-state index contributed by atoms with van der Waals surface area (Å²) >= 11 is 0. The first-order valence-corrected chi connectivity index (χ1v) is 6.47. The highest BCUT2D eigenvalue weighted by molar-refractivity contribution is 5.41. The second-order valence-electron chi connectivity index (χ2n) is 4.83. The Morgan fingerprint density at radius 2 is 2.11 bits per heavy atom. The molecule has 3 heteroatoms. The molecule has 0 radical (unpaired) electrons. The summed E-state index contributed by atoms with van der Waals surface area (Å²) in [5.41, 5.74) is 9.81. The second-order valence-corrected chi connectivity index (χ2v) is 4.83. The molecule has 0 bridgehead atoms. The first kappa shape index (κ1) is 12.8. The lowest BCUT2D eigenvalue weighted by Crippen LogP contribution is -2.21. The minimum atomic E-state index is 0.254. The Balaban J connectivity index is 2.28. The molecule has 0 spiro atoms. The van der Waals surface area contributed by atoms with Gasteiger partial charge in [-0.15, -0.1) is 0 Å². The maximum absolute atomic E-state index is 6.02. The van der Waals surface area contributed by atoms with E-state index in [0.717, 1.165) is 24.4 Å². The van der Waals surface area contributed by atoms with Crippen molar-refractivity contribution in [3.05, 3.63) is 47.5 Å². The molecule has 0 fully saturated rings. The van der Waals surface area contributed by atoms with Gasteiger partial charge in [0.05, 0.1) is 0 Å². The molecule has 96 valence electrons. The molecule has 0 saturated heterocycles. The van der Waals surface area contributed by atoms with Crippen LogP contribution in [0, 0.1) is 13.8 Å². The lowest BCUT2D eigenvalue weighted by atomic mass is 9.99. The standard InChI is InChI=1S/C15H21N3/c1-4-14(16)10-13-5-6-15(9-11(13)2)18-8-7-17-12(18)3/h5-9,14H,4,10,16H2,1-3H3. The molecule has 2 N–H and O–H groups in total. The van der Waals surface area contributed by atoms with Crippen LogP contribution >= 0.6 is 0 Å². The minimum absolute atomic E-state index is 0.254. The van der Waals surface area contributed by atoms with E-state index in [1.54, 1.807) is 0 Å². The van der Waals surface area contributed by atoms with E-state index in [2.05, 4.69) is 41.6 Å². The quantitative estimate of drug-likeness (QED) is 0.897. The molecule has 0 amide bonds. The third-order valence-corrected chi connectivity index (χ3v) is 3.44. The Morgan fingerprint density at radius 1 is 1.33 bits per heavy atom. The zero-order chi connectivity index (χ0) is 13.1. The Morgan fingerprint density at radius 3 is 2.67 bits per heavy atom. The van der Waals surface area contributed by atoms with Gasteiger partial charge >= 0.3 is 0 Å². The SMILES string of the molecule is CCC(N)Cc1ccc(-n2ccnc2C)cc1C. The van der Waals surface area contributed by atoms with E-state index < -0.39 is 0 Å². The molecule has 0 aliphatic carbocycles. The fourth-order valence-electron chi connectivity index (χ4n) is 2.14. The number of nitrogens with two attached hydrogens (primary N) is 1. The summed E-state index contributed by atoms with van der Waals surface area (Å²) in [5.74, 6) is 1.01. The van der Waals surface area contributed by atoms with Crippen molar-refractivity contribution in [1.29, 1.82) is 0 Å². The predicted molar refractivity (Wildman–Crippen MR) is 75.0 cm³/mol. The van der Waals surface area contributed by atoms with Gasteiger partial charge in [0.25, 0.3) is 0 Å². The summed E-state index contributed by atoms with van der Waals surface area (Å²) in [6.45, 7) is 6.28. The number of rotatable bonds is 4. The van der Waals surface area contributed by atoms with Crippen LogP contribution in [0.4, 0.5) is 0 Å². The molecule has 2 rings (SSSR count). The van der Waals surface area contributed by atoms with Gasteiger partial charge in [0.1, 0.15) is 5.82 Å². The maximum atomic E-state index is 6.02. The molecule has 1 aromatic carbocycles. The van der Waals surface area contributed by atoms with E-state index in [1.165, 1.54) is 11.1 Å². The number of benzene rings is 1. The van der Waals surface area contributed by atoms with Crippen molar-refractivity contribution in [1.82, 2.24) is 9.55 Å². The van der Waals surface area contributed by atoms with Crippen molar-refractivity contribution in [2.45, 2.75) is 39.7 Å². The number of aryl methyl sites for hydroxylation is 2. The van der Waals surface area contributed by atoms with Crippen molar-refractivity contribution in [3.63, 3.8) is 0 Å². The second kappa shape index (κ2) is 5.36. The molecule has 0 aliphatic heterocycles. The summed E-state index contributed by atoms with van der Waals surface area (Å²) in [6, 6.07) is 6.77. The van der Waals surface area contributed by atoms with Crippen LogP contribution in [0.15, 0.2) is 30.6 Å². The third kappa shape index (κ3) is 2.62. The van der Waals surface area contributed by atoms with E-state index in [0.29, 0.717) is 0 Å². The average Bonchev–Trinajstić information content (AvgIpc) is 2.78. The van der Waals surface area contributed by atoms with E-state index in [1.807, 2.05) is 19.3 Å². The summed E-state index contributed by atoms with van der Waals surface area (Å²) < 4.78 is 2.09. The van der Waals surface area contributed by atoms with Gasteiger partial charge in [-0.1, -0.05) is 13.0 Å². The molecular weight excluding hydrogens is 222 g/mol. The van der Waals surface area contributed by atoms with Crippen molar-refractivity contribution in [3.8, 4) is 5.69 Å². The lowest BCUT2D eigenvalue weighted by molar-refractivity contribution is 0.644. The third-order valence-electron chi connectivity index (χ3n) is 3.44. The number of hydrogen-bond acceptors (Lipinski definition) is 2. The molecule has 0 saturated carbocycles. The zero-order valence-electron chi connectivity index (χ0n) is 11.4. The van der Waals surface area contributed by atoms with Crippen LogP contribution < -0.4 is 5.73 Å². The first-order chi connectivity index (χ1) is 8.61. The van der Waals surface area contributed by atoms with Crippen LogP contribution in [0.2, 0.25) is 0 Å². The largest absolute Gasteiger partial charge is 0.327 e. The average molecular weight is 243 g/mol. The molecule has 2 aromatic rings. The van der Waals surface area contributed by atoms with Gasteiger partial charge in [0.2, 0.25) is 0 Å². The Labute approximate surface area is 109 Å². The van der Waals surface area contributed by atoms with E-state index >= 15 is 0 Å². The predicted octanol–water partition coefficient (Wildman–Crippen LogP) is 2.77. The Bertz CT molecular complexity index is 528. The van der Waals surface area contributed by atoms with Crippen LogP contribution in [-0.2, 0) is 6.42 Å². The van der Waals surface area contributed by atoms with Crippen molar-refractivity contribution in [2.24, 2.45) is 5.73 Å². The maximum Gasteiger partial charge on any atom is 0.110 e. The van der Waals surface area contributed by atoms with Crippen LogP contribution in [0.3, 0.4) is 0 Å². The molecule has 1 unspecified atom stereocenters. The Hall–Kier alpha value is -1.61. The van der Waals surface area contributed by atoms with Gasteiger partial charge in [-0.2, -0.15) is 0 Å². The monoisotopic (exact) mass is 243 g/mol. The number of nitrogens with zero attached hydrogens (tertiary/aromatic N) is 2. The van der Waals surface area contributed by atoms with Crippen LogP contribution in [0.5, 0.6) is 0 Å². The van der Waals surface area contributed by atoms with Crippen LogP contribution in [-0.4, -0.2) is 15.6 Å². The first-order valence-electron chi connectivity index (χ1n) is 6.47. The molecule has 1 atom stereocenters. The highest BCUT2D eigenvalue weighted by atomic mass is 15.1. The van der Waals surface area contributed by atoms with Gasteiger partial charge in [-0.05, 0) is 49.9 Å². The number of aromatic nitrogens is 2. The van der Waals surface area contributed by atoms with Gasteiger partial charge in [-0.3, -0.25) is 0 Å². The molecular formula is C15H21N3. The van der Waals surface area contributed by atoms with E-state index in [9.17, 15) is 0 Å². The molecule has 1 aromatic heterocycles. The minimum Gasteiger partial charge on any atom is -0.327 e.